The molecule has 0 spiro atoms. The Morgan fingerprint density at radius 2 is 1.52 bits per heavy atom. The summed E-state index contributed by atoms with van der Waals surface area (Å²) >= 11 is 1.36. The number of primary amides is 1. The van der Waals surface area contributed by atoms with E-state index in [2.05, 4.69) is 44.7 Å². The van der Waals surface area contributed by atoms with Crippen molar-refractivity contribution in [1.29, 1.82) is 0 Å². The van der Waals surface area contributed by atoms with Crippen LogP contribution in [0.4, 0.5) is 20.4 Å². The molecule has 7 aromatic rings. The van der Waals surface area contributed by atoms with Gasteiger partial charge in [0.15, 0.2) is 10.8 Å². The standard InChI is InChI=1S/C73H85N13O15S2/c1-44(2)61(81-58(87)18-7-6-10-28-84-59(88)25-26-60(84)89)64(91)79-56(16-12-27-74)65(92)86(67(75)95)48-21-19-46(20-22-48)36-100-69(96)83(30-32-103(97,98)99)29-31-101-73-40-70(4)37-71(5,41-73)39-72(38-70,42-73)43-85-45(3)52(35-77-85)49-23-24-53(78-62(49)66(93)94)47-33-51-50(13-11-15-54(51)76-34-47)63(90)82-68-80-55-14-8-9-17-57(55)102-68/h8-9,11,13-15,17,19-26,33-35,44,56,61H,6-7,10,12,16,18,27-32,36-43,74H2,1-5H3,(H2,75,95)(H,79,91)(H,81,87)(H,93,94)(H,80,82,90)(H,97,98,99)/t56-,61-,70?,71?,72?,73?/m0/s1. The van der Waals surface area contributed by atoms with Crippen LogP contribution in [0.5, 0.6) is 0 Å². The van der Waals surface area contributed by atoms with E-state index in [9.17, 15) is 61.2 Å². The molecule has 2 unspecified atom stereocenters. The molecule has 3 aromatic carbocycles. The molecule has 544 valence electrons. The topological polar surface area (TPSA) is 401 Å². The van der Waals surface area contributed by atoms with Gasteiger partial charge in [-0.15, -0.1) is 0 Å². The van der Waals surface area contributed by atoms with E-state index in [-0.39, 0.29) is 97.5 Å². The number of benzene rings is 3. The minimum absolute atomic E-state index is 0.00760. The predicted molar refractivity (Wildman–Crippen MR) is 383 cm³/mol. The summed E-state index contributed by atoms with van der Waals surface area (Å²) in [5.41, 5.74) is 14.8. The lowest BCUT2D eigenvalue weighted by molar-refractivity contribution is -0.248. The molecule has 9 amide bonds. The molecule has 0 saturated heterocycles. The number of hydrogen-bond acceptors (Lipinski definition) is 19. The van der Waals surface area contributed by atoms with Crippen LogP contribution >= 0.6 is 11.3 Å². The molecule has 4 atom stereocenters. The zero-order valence-electron chi connectivity index (χ0n) is 58.0. The van der Waals surface area contributed by atoms with Crippen LogP contribution in [0, 0.1) is 29.1 Å². The van der Waals surface area contributed by atoms with Crippen molar-refractivity contribution in [3.8, 4) is 22.4 Å². The Morgan fingerprint density at radius 3 is 2.20 bits per heavy atom. The van der Waals surface area contributed by atoms with Gasteiger partial charge in [0.25, 0.3) is 33.7 Å². The van der Waals surface area contributed by atoms with Gasteiger partial charge in [0, 0.05) is 84.3 Å². The molecule has 30 heteroatoms. The Morgan fingerprint density at radius 1 is 0.806 bits per heavy atom. The van der Waals surface area contributed by atoms with Gasteiger partial charge in [-0.3, -0.25) is 53.2 Å². The second-order valence-electron chi connectivity index (χ2n) is 28.7. The number of nitrogens with zero attached hydrogens (tertiary/aromatic N) is 8. The maximum absolute atomic E-state index is 14.2. The van der Waals surface area contributed by atoms with Crippen molar-refractivity contribution in [3.05, 3.63) is 132 Å². The van der Waals surface area contributed by atoms with Gasteiger partial charge >= 0.3 is 18.1 Å². The average Bonchev–Trinajstić information content (AvgIpc) is 0.739. The van der Waals surface area contributed by atoms with Gasteiger partial charge in [0.1, 0.15) is 18.7 Å². The van der Waals surface area contributed by atoms with Crippen molar-refractivity contribution in [3.63, 3.8) is 0 Å². The number of hydrogen-bond donors (Lipinski definition) is 7. The maximum Gasteiger partial charge on any atom is 0.410 e. The van der Waals surface area contributed by atoms with Crippen LogP contribution in [0.25, 0.3) is 43.5 Å². The fourth-order valence-electron chi connectivity index (χ4n) is 16.3. The summed E-state index contributed by atoms with van der Waals surface area (Å²) in [7, 11) is -4.54. The Hall–Kier alpha value is -9.88. The quantitative estimate of drug-likeness (QED) is 0.0121. The number of pyridine rings is 2. The Bertz CT molecular complexity index is 4540. The van der Waals surface area contributed by atoms with Gasteiger partial charge in [-0.25, -0.2) is 29.3 Å². The number of urea groups is 1. The highest BCUT2D eigenvalue weighted by atomic mass is 32.2. The first kappa shape index (κ1) is 74.3. The molecule has 4 aromatic heterocycles. The molecule has 103 heavy (non-hydrogen) atoms. The van der Waals surface area contributed by atoms with Crippen molar-refractivity contribution in [2.45, 2.75) is 143 Å². The molecule has 1 aliphatic heterocycles. The lowest BCUT2D eigenvalue weighted by Gasteiger charge is -2.69. The Labute approximate surface area is 599 Å². The molecule has 5 heterocycles. The third-order valence-electron chi connectivity index (χ3n) is 19.8. The summed E-state index contributed by atoms with van der Waals surface area (Å²) in [6, 6.07) is 20.2. The number of rotatable bonds is 31. The molecule has 4 aliphatic carbocycles. The number of aromatic nitrogens is 5. The van der Waals surface area contributed by atoms with Crippen molar-refractivity contribution in [2.24, 2.45) is 33.6 Å². The fraction of sp³-hybridized carbons (Fsp3) is 0.438. The van der Waals surface area contributed by atoms with Gasteiger partial charge in [0.2, 0.25) is 11.8 Å². The first-order chi connectivity index (χ1) is 48.9. The molecule has 4 bridgehead atoms. The number of carbonyl (C=O) groups is 9. The minimum Gasteiger partial charge on any atom is -0.476 e. The summed E-state index contributed by atoms with van der Waals surface area (Å²) in [5.74, 6) is -5.61. The number of carboxylic acids is 1. The number of para-hydroxylation sites is 1. The van der Waals surface area contributed by atoms with E-state index in [1.54, 1.807) is 62.6 Å². The second kappa shape index (κ2) is 30.6. The number of aromatic carboxylic acids is 1. The number of fused-ring (bicyclic) bond motifs is 2. The van der Waals surface area contributed by atoms with E-state index in [4.69, 9.17) is 26.0 Å². The van der Waals surface area contributed by atoms with Gasteiger partial charge in [-0.2, -0.15) is 13.5 Å². The molecule has 12 rings (SSSR count). The van der Waals surface area contributed by atoms with Gasteiger partial charge < -0.3 is 41.6 Å². The van der Waals surface area contributed by atoms with Crippen molar-refractivity contribution in [2.75, 3.05) is 48.8 Å². The van der Waals surface area contributed by atoms with E-state index >= 15 is 0 Å². The molecular weight excluding hydrogens is 1360 g/mol. The number of ether oxygens (including phenoxy) is 2. The fourth-order valence-corrected chi connectivity index (χ4v) is 17.6. The molecule has 0 radical (unpaired) electrons. The number of nitrogens with one attached hydrogen (secondary N) is 3. The van der Waals surface area contributed by atoms with Crippen molar-refractivity contribution < 1.29 is 70.7 Å². The molecule has 5 aliphatic rings. The third kappa shape index (κ3) is 17.3. The summed E-state index contributed by atoms with van der Waals surface area (Å²) in [5, 5.41) is 24.9. The Kier molecular flexibility index (Phi) is 22.1. The lowest BCUT2D eigenvalue weighted by Crippen LogP contribution is -2.64. The van der Waals surface area contributed by atoms with Crippen LogP contribution in [0.15, 0.2) is 109 Å². The highest BCUT2D eigenvalue weighted by molar-refractivity contribution is 7.85. The highest BCUT2D eigenvalue weighted by Crippen LogP contribution is 2.72. The molecule has 4 saturated carbocycles. The zero-order valence-corrected chi connectivity index (χ0v) is 59.7. The normalized spacial score (nSPS) is 20.3. The molecule has 9 N–H and O–H groups in total. The smallest absolute Gasteiger partial charge is 0.410 e. The van der Waals surface area contributed by atoms with Crippen LogP contribution in [0.2, 0.25) is 0 Å². The molecular formula is C73H85N13O15S2. The molecule has 28 nitrogen and oxygen atoms in total. The number of carbonyl (C=O) groups excluding carboxylic acids is 8. The van der Waals surface area contributed by atoms with E-state index < -0.39 is 81.8 Å². The number of amides is 9. The van der Waals surface area contributed by atoms with Crippen LogP contribution in [0.1, 0.15) is 137 Å². The number of nitrogens with two attached hydrogens (primary N) is 2. The summed E-state index contributed by atoms with van der Waals surface area (Å²) in [6.07, 6.45) is 11.3. The van der Waals surface area contributed by atoms with Gasteiger partial charge in [-0.05, 0) is 160 Å². The molecule has 4 fully saturated rings. The summed E-state index contributed by atoms with van der Waals surface area (Å²) in [6.45, 7) is 9.83. The number of imide groups is 2. The van der Waals surface area contributed by atoms with Crippen LogP contribution < -0.4 is 32.3 Å². The van der Waals surface area contributed by atoms with Gasteiger partial charge in [0.05, 0.1) is 51.3 Å². The van der Waals surface area contributed by atoms with Crippen LogP contribution in [-0.4, -0.2) is 162 Å². The van der Waals surface area contributed by atoms with E-state index in [0.717, 1.165) is 57.8 Å². The predicted octanol–water partition coefficient (Wildman–Crippen LogP) is 8.95. The van der Waals surface area contributed by atoms with Crippen molar-refractivity contribution >= 4 is 107 Å². The monoisotopic (exact) mass is 1450 g/mol. The summed E-state index contributed by atoms with van der Waals surface area (Å²) < 4.78 is 49.6. The van der Waals surface area contributed by atoms with E-state index in [1.807, 2.05) is 35.9 Å². The van der Waals surface area contributed by atoms with Gasteiger partial charge in [-0.1, -0.05) is 75.8 Å². The number of thiazole rings is 1. The van der Waals surface area contributed by atoms with Crippen LogP contribution in [0.3, 0.4) is 0 Å². The largest absolute Gasteiger partial charge is 0.476 e. The SMILES string of the molecule is Cc1c(-c2ccc(-c3cnc4cccc(C(=O)Nc5nc6ccccc6s5)c4c3)nc2C(=O)O)cnn1CC12CC3(C)CC(C)(C1)CC(OCCN(CCS(=O)(=O)O)C(=O)OCc1ccc(N(C(N)=O)C(=O)[C@H](CCCN)NC(=O)[C@@H](NC(=O)CCCCCN4C(=O)C=CC4=O)C(C)C)cc1)(C3)C2. The summed E-state index contributed by atoms with van der Waals surface area (Å²) in [4.78, 5) is 136. The zero-order chi connectivity index (χ0) is 73.8. The number of unbranched alkanes of at least 4 members (excludes halogenated alkanes) is 2. The Balaban J connectivity index is 0.719. The van der Waals surface area contributed by atoms with E-state index in [1.165, 1.54) is 47.8 Å². The number of anilines is 2. The minimum atomic E-state index is -4.54. The van der Waals surface area contributed by atoms with Crippen molar-refractivity contribution in [1.82, 2.24) is 45.2 Å². The third-order valence-corrected chi connectivity index (χ3v) is 21.5. The van der Waals surface area contributed by atoms with Crippen LogP contribution in [-0.2, 0) is 56.7 Å². The second-order valence-corrected chi connectivity index (χ2v) is 31.3. The first-order valence-corrected chi connectivity index (χ1v) is 36.8. The maximum atomic E-state index is 14.2. The van der Waals surface area contributed by atoms with E-state index in [0.29, 0.717) is 86.7 Å². The highest BCUT2D eigenvalue weighted by Gasteiger charge is 2.66. The number of carboxylic acid groups (broad SMARTS) is 1. The average molecular weight is 1450 g/mol. The lowest BCUT2D eigenvalue weighted by atomic mass is 9.39. The first-order valence-electron chi connectivity index (χ1n) is 34.3.